The van der Waals surface area contributed by atoms with Crippen molar-refractivity contribution in [2.24, 2.45) is 0 Å². The Morgan fingerprint density at radius 1 is 0.952 bits per heavy atom. The molecule has 0 unspecified atom stereocenters. The van der Waals surface area contributed by atoms with Crippen molar-refractivity contribution in [3.05, 3.63) is 59.7 Å². The standard InChI is InChI=1S/C18H24N2O/c1-3-20(14-16-4-8-17(19)9-5-16)13-12-15-6-10-18(21-2)11-7-15/h4-11H,3,12-14,19H2,1-2H3. The maximum Gasteiger partial charge on any atom is 0.118 e. The van der Waals surface area contributed by atoms with Crippen molar-refractivity contribution < 1.29 is 4.74 Å². The summed E-state index contributed by atoms with van der Waals surface area (Å²) < 4.78 is 5.18. The first-order valence-corrected chi connectivity index (χ1v) is 7.41. The fourth-order valence-electron chi connectivity index (χ4n) is 2.31. The predicted octanol–water partition coefficient (Wildman–Crippen LogP) is 3.34. The van der Waals surface area contributed by atoms with Crippen molar-refractivity contribution in [2.45, 2.75) is 19.9 Å². The summed E-state index contributed by atoms with van der Waals surface area (Å²) in [5.41, 5.74) is 9.19. The van der Waals surface area contributed by atoms with Gasteiger partial charge in [0, 0.05) is 18.8 Å². The fourth-order valence-corrected chi connectivity index (χ4v) is 2.31. The Labute approximate surface area is 127 Å². The first-order chi connectivity index (χ1) is 10.2. The van der Waals surface area contributed by atoms with Crippen molar-refractivity contribution in [3.8, 4) is 5.75 Å². The molecule has 3 heteroatoms. The van der Waals surface area contributed by atoms with E-state index < -0.39 is 0 Å². The summed E-state index contributed by atoms with van der Waals surface area (Å²) >= 11 is 0. The molecule has 0 heterocycles. The summed E-state index contributed by atoms with van der Waals surface area (Å²) in [5, 5.41) is 0. The SMILES string of the molecule is CCN(CCc1ccc(OC)cc1)Cc1ccc(N)cc1. The number of hydrogen-bond donors (Lipinski definition) is 1. The molecule has 3 nitrogen and oxygen atoms in total. The van der Waals surface area contributed by atoms with E-state index in [9.17, 15) is 0 Å². The monoisotopic (exact) mass is 284 g/mol. The number of likely N-dealkylation sites (N-methyl/N-ethyl adjacent to an activating group) is 1. The van der Waals surface area contributed by atoms with Crippen LogP contribution in [0.25, 0.3) is 0 Å². The number of benzene rings is 2. The highest BCUT2D eigenvalue weighted by Gasteiger charge is 2.04. The Morgan fingerprint density at radius 3 is 2.14 bits per heavy atom. The largest absolute Gasteiger partial charge is 0.497 e. The smallest absolute Gasteiger partial charge is 0.118 e. The topological polar surface area (TPSA) is 38.5 Å². The lowest BCUT2D eigenvalue weighted by molar-refractivity contribution is 0.283. The molecular formula is C18H24N2O. The number of nitrogen functional groups attached to an aromatic ring is 1. The van der Waals surface area contributed by atoms with E-state index in [4.69, 9.17) is 10.5 Å². The third-order valence-electron chi connectivity index (χ3n) is 3.71. The third kappa shape index (κ3) is 4.80. The van der Waals surface area contributed by atoms with Gasteiger partial charge in [-0.15, -0.1) is 0 Å². The molecule has 2 rings (SSSR count). The molecule has 0 atom stereocenters. The Hall–Kier alpha value is -2.00. The number of hydrogen-bond acceptors (Lipinski definition) is 3. The van der Waals surface area contributed by atoms with E-state index in [-0.39, 0.29) is 0 Å². The van der Waals surface area contributed by atoms with Gasteiger partial charge >= 0.3 is 0 Å². The van der Waals surface area contributed by atoms with Crippen LogP contribution >= 0.6 is 0 Å². The van der Waals surface area contributed by atoms with Gasteiger partial charge < -0.3 is 10.5 Å². The molecule has 2 N–H and O–H groups in total. The molecule has 112 valence electrons. The lowest BCUT2D eigenvalue weighted by atomic mass is 10.1. The first kappa shape index (κ1) is 15.4. The number of anilines is 1. The predicted molar refractivity (Wildman–Crippen MR) is 88.5 cm³/mol. The Balaban J connectivity index is 1.88. The summed E-state index contributed by atoms with van der Waals surface area (Å²) in [5.74, 6) is 0.910. The average Bonchev–Trinajstić information content (AvgIpc) is 2.53. The lowest BCUT2D eigenvalue weighted by Crippen LogP contribution is -2.25. The van der Waals surface area contributed by atoms with E-state index in [1.807, 2.05) is 24.3 Å². The minimum absolute atomic E-state index is 0.819. The molecule has 2 aromatic rings. The normalized spacial score (nSPS) is 10.8. The van der Waals surface area contributed by atoms with Gasteiger partial charge in [-0.3, -0.25) is 4.90 Å². The molecule has 0 aliphatic carbocycles. The van der Waals surface area contributed by atoms with Crippen LogP contribution in [-0.4, -0.2) is 25.1 Å². The maximum absolute atomic E-state index is 5.72. The number of methoxy groups -OCH3 is 1. The summed E-state index contributed by atoms with van der Waals surface area (Å²) in [7, 11) is 1.69. The number of ether oxygens (including phenoxy) is 1. The Bertz CT molecular complexity index is 534. The van der Waals surface area contributed by atoms with E-state index in [1.54, 1.807) is 7.11 Å². The third-order valence-corrected chi connectivity index (χ3v) is 3.71. The quantitative estimate of drug-likeness (QED) is 0.793. The van der Waals surface area contributed by atoms with Gasteiger partial charge in [0.25, 0.3) is 0 Å². The Morgan fingerprint density at radius 2 is 1.57 bits per heavy atom. The van der Waals surface area contributed by atoms with Crippen molar-refractivity contribution in [1.82, 2.24) is 4.90 Å². The molecule has 0 aliphatic heterocycles. The Kier molecular flexibility index (Phi) is 5.64. The average molecular weight is 284 g/mol. The van der Waals surface area contributed by atoms with Crippen molar-refractivity contribution in [3.63, 3.8) is 0 Å². The van der Waals surface area contributed by atoms with Gasteiger partial charge in [-0.1, -0.05) is 31.2 Å². The molecule has 0 bridgehead atoms. The molecule has 0 saturated heterocycles. The molecule has 21 heavy (non-hydrogen) atoms. The molecule has 2 aromatic carbocycles. The van der Waals surface area contributed by atoms with E-state index in [0.717, 1.165) is 37.5 Å². The molecule has 0 saturated carbocycles. The van der Waals surface area contributed by atoms with Crippen LogP contribution < -0.4 is 10.5 Å². The second kappa shape index (κ2) is 7.70. The molecule has 0 aromatic heterocycles. The number of rotatable bonds is 7. The molecule has 0 spiro atoms. The van der Waals surface area contributed by atoms with Crippen molar-refractivity contribution in [1.29, 1.82) is 0 Å². The minimum atomic E-state index is 0.819. The highest BCUT2D eigenvalue weighted by atomic mass is 16.5. The fraction of sp³-hybridized carbons (Fsp3) is 0.333. The molecular weight excluding hydrogens is 260 g/mol. The highest BCUT2D eigenvalue weighted by Crippen LogP contribution is 2.13. The molecule has 0 amide bonds. The maximum atomic E-state index is 5.72. The van der Waals surface area contributed by atoms with Gasteiger partial charge in [-0.2, -0.15) is 0 Å². The van der Waals surface area contributed by atoms with Gasteiger partial charge in [-0.05, 0) is 48.4 Å². The summed E-state index contributed by atoms with van der Waals surface area (Å²) in [6.45, 7) is 5.26. The van der Waals surface area contributed by atoms with E-state index in [1.165, 1.54) is 11.1 Å². The zero-order chi connectivity index (χ0) is 15.1. The zero-order valence-corrected chi connectivity index (χ0v) is 12.9. The molecule has 0 fully saturated rings. The number of nitrogens with two attached hydrogens (primary N) is 1. The summed E-state index contributed by atoms with van der Waals surface area (Å²) in [6.07, 6.45) is 1.05. The van der Waals surface area contributed by atoms with Crippen LogP contribution in [0.2, 0.25) is 0 Å². The summed E-state index contributed by atoms with van der Waals surface area (Å²) in [4.78, 5) is 2.44. The van der Waals surface area contributed by atoms with Crippen LogP contribution in [0, 0.1) is 0 Å². The van der Waals surface area contributed by atoms with Gasteiger partial charge in [-0.25, -0.2) is 0 Å². The number of nitrogens with zero attached hydrogens (tertiary/aromatic N) is 1. The lowest BCUT2D eigenvalue weighted by Gasteiger charge is -2.20. The van der Waals surface area contributed by atoms with Gasteiger partial charge in [0.1, 0.15) is 5.75 Å². The summed E-state index contributed by atoms with van der Waals surface area (Å²) in [6, 6.07) is 16.4. The van der Waals surface area contributed by atoms with Crippen molar-refractivity contribution in [2.75, 3.05) is 25.9 Å². The van der Waals surface area contributed by atoms with E-state index in [0.29, 0.717) is 0 Å². The molecule has 0 aliphatic rings. The van der Waals surface area contributed by atoms with E-state index in [2.05, 4.69) is 36.1 Å². The molecule has 0 radical (unpaired) electrons. The van der Waals surface area contributed by atoms with Gasteiger partial charge in [0.15, 0.2) is 0 Å². The van der Waals surface area contributed by atoms with Crippen molar-refractivity contribution >= 4 is 5.69 Å². The highest BCUT2D eigenvalue weighted by molar-refractivity contribution is 5.39. The van der Waals surface area contributed by atoms with Crippen LogP contribution in [0.3, 0.4) is 0 Å². The van der Waals surface area contributed by atoms with Crippen LogP contribution in [-0.2, 0) is 13.0 Å². The second-order valence-corrected chi connectivity index (χ2v) is 5.21. The minimum Gasteiger partial charge on any atom is -0.497 e. The first-order valence-electron chi connectivity index (χ1n) is 7.41. The van der Waals surface area contributed by atoms with Crippen LogP contribution in [0.15, 0.2) is 48.5 Å². The van der Waals surface area contributed by atoms with Crippen LogP contribution in [0.4, 0.5) is 5.69 Å². The second-order valence-electron chi connectivity index (χ2n) is 5.21. The van der Waals surface area contributed by atoms with Crippen LogP contribution in [0.1, 0.15) is 18.1 Å². The van der Waals surface area contributed by atoms with Gasteiger partial charge in [0.2, 0.25) is 0 Å². The zero-order valence-electron chi connectivity index (χ0n) is 12.9. The van der Waals surface area contributed by atoms with Crippen LogP contribution in [0.5, 0.6) is 5.75 Å². The van der Waals surface area contributed by atoms with E-state index >= 15 is 0 Å². The van der Waals surface area contributed by atoms with Gasteiger partial charge in [0.05, 0.1) is 7.11 Å².